The van der Waals surface area contributed by atoms with Crippen molar-refractivity contribution >= 4 is 0 Å². The number of hydrogen-bond donors (Lipinski definition) is 0. The van der Waals surface area contributed by atoms with Crippen LogP contribution in [0.1, 0.15) is 195 Å². The molecule has 0 saturated carbocycles. The summed E-state index contributed by atoms with van der Waals surface area (Å²) in [5.74, 6) is 2.81. The standard InChI is InChI=1S/C33H68/c1-6-7-8-9-10-11-12-13-17-22-27-32(4)29-24-19-15-20-25-30-33(5)28-23-18-14-16-21-26-31(2)3/h31-33H,6-30H2,1-5H3. The molecule has 0 heterocycles. The molecular formula is C33H68. The molecule has 0 aromatic carbocycles. The van der Waals surface area contributed by atoms with Crippen LogP contribution in [0.2, 0.25) is 0 Å². The van der Waals surface area contributed by atoms with Gasteiger partial charge in [-0.1, -0.05) is 195 Å². The van der Waals surface area contributed by atoms with Gasteiger partial charge in [0.15, 0.2) is 0 Å². The Balaban J connectivity index is 3.26. The van der Waals surface area contributed by atoms with Gasteiger partial charge in [0.05, 0.1) is 0 Å². The molecule has 0 N–H and O–H groups in total. The van der Waals surface area contributed by atoms with Gasteiger partial charge in [-0.05, 0) is 17.8 Å². The Hall–Kier alpha value is 0. The summed E-state index contributed by atoms with van der Waals surface area (Å²) < 4.78 is 0. The summed E-state index contributed by atoms with van der Waals surface area (Å²) in [4.78, 5) is 0. The first-order valence-corrected chi connectivity index (χ1v) is 16.1. The minimum Gasteiger partial charge on any atom is -0.0654 e. The maximum Gasteiger partial charge on any atom is -0.0443 e. The van der Waals surface area contributed by atoms with Crippen molar-refractivity contribution in [2.75, 3.05) is 0 Å². The monoisotopic (exact) mass is 465 g/mol. The maximum atomic E-state index is 2.50. The van der Waals surface area contributed by atoms with E-state index in [4.69, 9.17) is 0 Å². The van der Waals surface area contributed by atoms with Crippen LogP contribution >= 0.6 is 0 Å². The Kier molecular flexibility index (Phi) is 26.6. The van der Waals surface area contributed by atoms with E-state index >= 15 is 0 Å². The third-order valence-corrected chi connectivity index (χ3v) is 7.92. The van der Waals surface area contributed by atoms with E-state index in [0.717, 1.165) is 17.8 Å². The summed E-state index contributed by atoms with van der Waals surface area (Å²) in [6.07, 6.45) is 36.7. The molecule has 0 heteroatoms. The first-order valence-electron chi connectivity index (χ1n) is 16.1. The van der Waals surface area contributed by atoms with Crippen molar-refractivity contribution in [1.29, 1.82) is 0 Å². The maximum absolute atomic E-state index is 2.50. The van der Waals surface area contributed by atoms with Gasteiger partial charge in [0.1, 0.15) is 0 Å². The largest absolute Gasteiger partial charge is 0.0654 e. The van der Waals surface area contributed by atoms with Crippen molar-refractivity contribution in [2.45, 2.75) is 195 Å². The van der Waals surface area contributed by atoms with E-state index in [1.165, 1.54) is 161 Å². The second kappa shape index (κ2) is 26.6. The molecule has 0 aliphatic rings. The second-order valence-corrected chi connectivity index (χ2v) is 12.3. The highest BCUT2D eigenvalue weighted by atomic mass is 14.1. The first-order chi connectivity index (χ1) is 16.1. The third kappa shape index (κ3) is 28.1. The van der Waals surface area contributed by atoms with Gasteiger partial charge in [0.2, 0.25) is 0 Å². The van der Waals surface area contributed by atoms with Crippen LogP contribution in [0.5, 0.6) is 0 Å². The summed E-state index contributed by atoms with van der Waals surface area (Å²) in [7, 11) is 0. The van der Waals surface area contributed by atoms with Gasteiger partial charge in [-0.2, -0.15) is 0 Å². The normalized spacial score (nSPS) is 13.6. The summed E-state index contributed by atoms with van der Waals surface area (Å²) in [5, 5.41) is 0. The van der Waals surface area contributed by atoms with Crippen molar-refractivity contribution < 1.29 is 0 Å². The van der Waals surface area contributed by atoms with Crippen LogP contribution < -0.4 is 0 Å². The van der Waals surface area contributed by atoms with Gasteiger partial charge in [0.25, 0.3) is 0 Å². The topological polar surface area (TPSA) is 0 Å². The van der Waals surface area contributed by atoms with E-state index in [2.05, 4.69) is 34.6 Å². The van der Waals surface area contributed by atoms with Crippen molar-refractivity contribution in [3.8, 4) is 0 Å². The van der Waals surface area contributed by atoms with Gasteiger partial charge in [0, 0.05) is 0 Å². The number of hydrogen-bond acceptors (Lipinski definition) is 0. The molecule has 0 aromatic heterocycles. The zero-order chi connectivity index (χ0) is 24.4. The summed E-state index contributed by atoms with van der Waals surface area (Å²) in [5.41, 5.74) is 0. The molecule has 0 aliphatic carbocycles. The van der Waals surface area contributed by atoms with Gasteiger partial charge in [-0.25, -0.2) is 0 Å². The van der Waals surface area contributed by atoms with E-state index < -0.39 is 0 Å². The van der Waals surface area contributed by atoms with Gasteiger partial charge >= 0.3 is 0 Å². The molecule has 0 saturated heterocycles. The van der Waals surface area contributed by atoms with Crippen molar-refractivity contribution in [3.05, 3.63) is 0 Å². The zero-order valence-corrected chi connectivity index (χ0v) is 24.4. The molecule has 0 aromatic rings. The van der Waals surface area contributed by atoms with Crippen LogP contribution in [0.25, 0.3) is 0 Å². The summed E-state index contributed by atoms with van der Waals surface area (Å²) in [6, 6.07) is 0. The van der Waals surface area contributed by atoms with Crippen molar-refractivity contribution in [2.24, 2.45) is 17.8 Å². The summed E-state index contributed by atoms with van der Waals surface area (Å²) >= 11 is 0. The quantitative estimate of drug-likeness (QED) is 0.106. The Morgan fingerprint density at radius 3 is 0.818 bits per heavy atom. The lowest BCUT2D eigenvalue weighted by Crippen LogP contribution is -1.96. The third-order valence-electron chi connectivity index (χ3n) is 7.92. The molecular weight excluding hydrogens is 396 g/mol. The lowest BCUT2D eigenvalue weighted by Gasteiger charge is -2.12. The average Bonchev–Trinajstić information content (AvgIpc) is 2.78. The van der Waals surface area contributed by atoms with Gasteiger partial charge in [-0.15, -0.1) is 0 Å². The lowest BCUT2D eigenvalue weighted by atomic mass is 9.94. The lowest BCUT2D eigenvalue weighted by molar-refractivity contribution is 0.415. The minimum absolute atomic E-state index is 0.891. The fourth-order valence-corrected chi connectivity index (χ4v) is 5.36. The van der Waals surface area contributed by atoms with E-state index in [-0.39, 0.29) is 0 Å². The Morgan fingerprint density at radius 2 is 0.545 bits per heavy atom. The van der Waals surface area contributed by atoms with Crippen LogP contribution in [0.3, 0.4) is 0 Å². The van der Waals surface area contributed by atoms with E-state index in [1.807, 2.05) is 0 Å². The molecule has 33 heavy (non-hydrogen) atoms. The molecule has 200 valence electrons. The predicted octanol–water partition coefficient (Wildman–Crippen LogP) is 12.7. The highest BCUT2D eigenvalue weighted by Crippen LogP contribution is 2.21. The Bertz CT molecular complexity index is 344. The summed E-state index contributed by atoms with van der Waals surface area (Å²) in [6.45, 7) is 12.0. The second-order valence-electron chi connectivity index (χ2n) is 12.3. The molecule has 0 fully saturated rings. The van der Waals surface area contributed by atoms with Crippen LogP contribution in [0.4, 0.5) is 0 Å². The SMILES string of the molecule is CCCCCCCCCCCCC(C)CCCCCCCC(C)CCCCCCCC(C)C. The minimum atomic E-state index is 0.891. The van der Waals surface area contributed by atoms with Crippen molar-refractivity contribution in [3.63, 3.8) is 0 Å². The van der Waals surface area contributed by atoms with Crippen molar-refractivity contribution in [1.82, 2.24) is 0 Å². The number of rotatable bonds is 27. The Labute approximate surface area is 212 Å². The fraction of sp³-hybridized carbons (Fsp3) is 1.00. The van der Waals surface area contributed by atoms with Crippen LogP contribution in [0, 0.1) is 17.8 Å². The van der Waals surface area contributed by atoms with Crippen LogP contribution in [-0.2, 0) is 0 Å². The Morgan fingerprint density at radius 1 is 0.303 bits per heavy atom. The molecule has 2 atom stereocenters. The van der Waals surface area contributed by atoms with Crippen LogP contribution in [0.15, 0.2) is 0 Å². The molecule has 2 unspecified atom stereocenters. The van der Waals surface area contributed by atoms with Gasteiger partial charge < -0.3 is 0 Å². The molecule has 0 spiro atoms. The van der Waals surface area contributed by atoms with Gasteiger partial charge in [-0.3, -0.25) is 0 Å². The van der Waals surface area contributed by atoms with E-state index in [9.17, 15) is 0 Å². The predicted molar refractivity (Wildman–Crippen MR) is 154 cm³/mol. The molecule has 0 bridgehead atoms. The number of unbranched alkanes of at least 4 members (excludes halogenated alkanes) is 17. The van der Waals surface area contributed by atoms with Crippen LogP contribution in [-0.4, -0.2) is 0 Å². The first kappa shape index (κ1) is 33.0. The molecule has 0 rings (SSSR count). The highest BCUT2D eigenvalue weighted by Gasteiger charge is 2.04. The molecule has 0 amide bonds. The van der Waals surface area contributed by atoms with E-state index in [1.54, 1.807) is 0 Å². The molecule has 0 aliphatic heterocycles. The molecule has 0 nitrogen and oxygen atoms in total. The fourth-order valence-electron chi connectivity index (χ4n) is 5.36. The molecule has 0 radical (unpaired) electrons. The van der Waals surface area contributed by atoms with E-state index in [0.29, 0.717) is 0 Å². The average molecular weight is 465 g/mol. The zero-order valence-electron chi connectivity index (χ0n) is 24.4. The highest BCUT2D eigenvalue weighted by molar-refractivity contribution is 4.58. The smallest absolute Gasteiger partial charge is 0.0443 e.